The van der Waals surface area contributed by atoms with Gasteiger partial charge in [0.25, 0.3) is 5.91 Å². The number of anilines is 1. The van der Waals surface area contributed by atoms with E-state index in [0.717, 1.165) is 48.3 Å². The van der Waals surface area contributed by atoms with Crippen molar-refractivity contribution < 1.29 is 4.79 Å². The minimum atomic E-state index is 0.0746. The molecule has 1 amide bonds. The number of thiophene rings is 1. The Bertz CT molecular complexity index is 687. The van der Waals surface area contributed by atoms with Crippen molar-refractivity contribution in [1.29, 1.82) is 0 Å². The van der Waals surface area contributed by atoms with Gasteiger partial charge in [0.2, 0.25) is 0 Å². The van der Waals surface area contributed by atoms with Gasteiger partial charge in [-0.25, -0.2) is 4.98 Å². The molecule has 3 heterocycles. The second-order valence-electron chi connectivity index (χ2n) is 6.45. The zero-order valence-corrected chi connectivity index (χ0v) is 14.1. The number of carbonyl (C=O) groups is 1. The van der Waals surface area contributed by atoms with Crippen LogP contribution in [0.15, 0.2) is 12.1 Å². The van der Waals surface area contributed by atoms with Crippen molar-refractivity contribution in [3.63, 3.8) is 0 Å². The lowest BCUT2D eigenvalue weighted by atomic mass is 10.1. The Labute approximate surface area is 135 Å². The molecule has 0 radical (unpaired) electrons. The Balaban J connectivity index is 1.92. The molecule has 0 aliphatic carbocycles. The van der Waals surface area contributed by atoms with E-state index in [1.165, 1.54) is 17.8 Å². The molecule has 1 fully saturated rings. The third-order valence-electron chi connectivity index (χ3n) is 4.11. The molecule has 3 rings (SSSR count). The van der Waals surface area contributed by atoms with Crippen molar-refractivity contribution in [2.24, 2.45) is 5.92 Å². The Kier molecular flexibility index (Phi) is 4.34. The van der Waals surface area contributed by atoms with Crippen molar-refractivity contribution in [2.75, 3.05) is 18.8 Å². The summed E-state index contributed by atoms with van der Waals surface area (Å²) in [5.41, 5.74) is 7.89. The maximum atomic E-state index is 12.7. The molecule has 22 heavy (non-hydrogen) atoms. The average Bonchev–Trinajstić information content (AvgIpc) is 2.83. The molecule has 0 aromatic carbocycles. The summed E-state index contributed by atoms with van der Waals surface area (Å²) in [5, 5.41) is 0.915. The van der Waals surface area contributed by atoms with Gasteiger partial charge in [-0.15, -0.1) is 11.3 Å². The van der Waals surface area contributed by atoms with Gasteiger partial charge in [-0.2, -0.15) is 0 Å². The minimum Gasteiger partial charge on any atom is -0.397 e. The van der Waals surface area contributed by atoms with Gasteiger partial charge in [0.15, 0.2) is 0 Å². The number of likely N-dealkylation sites (tertiary alicyclic amines) is 1. The summed E-state index contributed by atoms with van der Waals surface area (Å²) in [4.78, 5) is 20.8. The van der Waals surface area contributed by atoms with Crippen LogP contribution in [0.4, 0.5) is 5.69 Å². The van der Waals surface area contributed by atoms with Crippen molar-refractivity contribution in [2.45, 2.75) is 39.5 Å². The molecule has 5 heteroatoms. The Hall–Kier alpha value is -1.62. The van der Waals surface area contributed by atoms with Crippen LogP contribution in [-0.4, -0.2) is 28.9 Å². The van der Waals surface area contributed by atoms with Crippen molar-refractivity contribution in [1.82, 2.24) is 9.88 Å². The number of nitrogens with two attached hydrogens (primary N) is 1. The van der Waals surface area contributed by atoms with Crippen LogP contribution in [-0.2, 0) is 6.42 Å². The smallest absolute Gasteiger partial charge is 0.266 e. The third kappa shape index (κ3) is 2.95. The van der Waals surface area contributed by atoms with E-state index in [4.69, 9.17) is 10.7 Å². The first-order valence-electron chi connectivity index (χ1n) is 8.03. The van der Waals surface area contributed by atoms with Crippen LogP contribution in [0.1, 0.15) is 48.5 Å². The molecule has 2 aromatic heterocycles. The standard InChI is InChI=1S/C17H23N3OS/c1-11(2)10-12-6-7-13-14(18)15(22-16(13)19-12)17(21)20-8-4-3-5-9-20/h6-7,11H,3-5,8-10,18H2,1-2H3. The van der Waals surface area contributed by atoms with Gasteiger partial charge in [-0.1, -0.05) is 13.8 Å². The molecule has 2 N–H and O–H groups in total. The monoisotopic (exact) mass is 317 g/mol. The van der Waals surface area contributed by atoms with E-state index in [-0.39, 0.29) is 5.91 Å². The summed E-state index contributed by atoms with van der Waals surface area (Å²) in [5.74, 6) is 0.641. The first-order valence-corrected chi connectivity index (χ1v) is 8.85. The number of fused-ring (bicyclic) bond motifs is 1. The number of carbonyl (C=O) groups excluding carboxylic acids is 1. The van der Waals surface area contributed by atoms with Gasteiger partial charge in [0, 0.05) is 24.2 Å². The maximum Gasteiger partial charge on any atom is 0.266 e. The predicted octanol–water partition coefficient (Wildman–Crippen LogP) is 3.70. The summed E-state index contributed by atoms with van der Waals surface area (Å²) >= 11 is 1.44. The van der Waals surface area contributed by atoms with Crippen LogP contribution in [0, 0.1) is 5.92 Å². The van der Waals surface area contributed by atoms with Crippen LogP contribution in [0.3, 0.4) is 0 Å². The average molecular weight is 317 g/mol. The molecule has 1 saturated heterocycles. The molecule has 0 saturated carbocycles. The molecule has 2 aromatic rings. The van der Waals surface area contributed by atoms with Crippen molar-refractivity contribution in [3.05, 3.63) is 22.7 Å². The molecule has 4 nitrogen and oxygen atoms in total. The van der Waals surface area contributed by atoms with Crippen molar-refractivity contribution >= 4 is 33.1 Å². The van der Waals surface area contributed by atoms with Gasteiger partial charge < -0.3 is 10.6 Å². The van der Waals surface area contributed by atoms with E-state index < -0.39 is 0 Å². The number of amides is 1. The Morgan fingerprint density at radius 2 is 2.05 bits per heavy atom. The summed E-state index contributed by atoms with van der Waals surface area (Å²) in [6, 6.07) is 4.04. The van der Waals surface area contributed by atoms with E-state index in [9.17, 15) is 4.79 Å². The highest BCUT2D eigenvalue weighted by molar-refractivity contribution is 7.21. The Morgan fingerprint density at radius 3 is 2.73 bits per heavy atom. The van der Waals surface area contributed by atoms with E-state index >= 15 is 0 Å². The number of nitrogen functional groups attached to an aromatic ring is 1. The quantitative estimate of drug-likeness (QED) is 0.939. The topological polar surface area (TPSA) is 59.2 Å². The fourth-order valence-corrected chi connectivity index (χ4v) is 4.05. The summed E-state index contributed by atoms with van der Waals surface area (Å²) in [7, 11) is 0. The number of aromatic nitrogens is 1. The van der Waals surface area contributed by atoms with Gasteiger partial charge in [0.05, 0.1) is 5.69 Å². The second kappa shape index (κ2) is 6.24. The van der Waals surface area contributed by atoms with Crippen LogP contribution < -0.4 is 5.73 Å². The van der Waals surface area contributed by atoms with Gasteiger partial charge in [0.1, 0.15) is 9.71 Å². The molecular weight excluding hydrogens is 294 g/mol. The lowest BCUT2D eigenvalue weighted by Gasteiger charge is -2.26. The molecule has 1 aliphatic rings. The summed E-state index contributed by atoms with van der Waals surface area (Å²) in [6.07, 6.45) is 4.34. The lowest BCUT2D eigenvalue weighted by Crippen LogP contribution is -2.35. The fourth-order valence-electron chi connectivity index (χ4n) is 2.97. The van der Waals surface area contributed by atoms with E-state index in [1.54, 1.807) is 0 Å². The van der Waals surface area contributed by atoms with Crippen LogP contribution in [0.2, 0.25) is 0 Å². The van der Waals surface area contributed by atoms with Gasteiger partial charge in [-0.05, 0) is 43.7 Å². The predicted molar refractivity (Wildman–Crippen MR) is 92.3 cm³/mol. The molecular formula is C17H23N3OS. The highest BCUT2D eigenvalue weighted by atomic mass is 32.1. The first kappa shape index (κ1) is 15.3. The Morgan fingerprint density at radius 1 is 1.32 bits per heavy atom. The number of piperidine rings is 1. The van der Waals surface area contributed by atoms with E-state index in [0.29, 0.717) is 16.5 Å². The van der Waals surface area contributed by atoms with E-state index in [2.05, 4.69) is 13.8 Å². The SMILES string of the molecule is CC(C)Cc1ccc2c(N)c(C(=O)N3CCCCC3)sc2n1. The number of hydrogen-bond donors (Lipinski definition) is 1. The summed E-state index contributed by atoms with van der Waals surface area (Å²) < 4.78 is 0. The number of pyridine rings is 1. The molecule has 0 spiro atoms. The number of nitrogens with zero attached hydrogens (tertiary/aromatic N) is 2. The lowest BCUT2D eigenvalue weighted by molar-refractivity contribution is 0.0730. The zero-order chi connectivity index (χ0) is 15.7. The molecule has 0 bridgehead atoms. The minimum absolute atomic E-state index is 0.0746. The second-order valence-corrected chi connectivity index (χ2v) is 7.45. The highest BCUT2D eigenvalue weighted by Crippen LogP contribution is 2.34. The van der Waals surface area contributed by atoms with Crippen LogP contribution >= 0.6 is 11.3 Å². The maximum absolute atomic E-state index is 12.7. The first-order chi connectivity index (χ1) is 10.6. The molecule has 118 valence electrons. The molecule has 0 unspecified atom stereocenters. The highest BCUT2D eigenvalue weighted by Gasteiger charge is 2.23. The molecule has 1 aliphatic heterocycles. The van der Waals surface area contributed by atoms with Gasteiger partial charge >= 0.3 is 0 Å². The number of hydrogen-bond acceptors (Lipinski definition) is 4. The zero-order valence-electron chi connectivity index (χ0n) is 13.3. The van der Waals surface area contributed by atoms with Gasteiger partial charge in [-0.3, -0.25) is 4.79 Å². The van der Waals surface area contributed by atoms with Crippen molar-refractivity contribution in [3.8, 4) is 0 Å². The third-order valence-corrected chi connectivity index (χ3v) is 5.21. The molecule has 0 atom stereocenters. The normalized spacial score (nSPS) is 15.7. The van der Waals surface area contributed by atoms with Crippen LogP contribution in [0.5, 0.6) is 0 Å². The summed E-state index contributed by atoms with van der Waals surface area (Å²) in [6.45, 7) is 6.05. The number of rotatable bonds is 3. The fraction of sp³-hybridized carbons (Fsp3) is 0.529. The largest absolute Gasteiger partial charge is 0.397 e. The van der Waals surface area contributed by atoms with Crippen LogP contribution in [0.25, 0.3) is 10.2 Å². The van der Waals surface area contributed by atoms with E-state index in [1.807, 2.05) is 17.0 Å².